The quantitative estimate of drug-likeness (QED) is 0.488. The van der Waals surface area contributed by atoms with Gasteiger partial charge in [0.25, 0.3) is 6.43 Å². The Kier molecular flexibility index (Phi) is 6.99. The van der Waals surface area contributed by atoms with E-state index in [-0.39, 0.29) is 0 Å². The largest absolute Gasteiger partial charge is 0.442 e. The van der Waals surface area contributed by atoms with Gasteiger partial charge in [-0.15, -0.1) is 11.6 Å². The Bertz CT molecular complexity index is 150. The third kappa shape index (κ3) is 6.59. The Hall–Kier alpha value is 0.160. The molecule has 0 nitrogen and oxygen atoms in total. The van der Waals surface area contributed by atoms with Crippen LogP contribution in [0.5, 0.6) is 0 Å². The minimum absolute atomic E-state index is 0.306. The molecule has 1 atom stereocenters. The molecule has 0 amide bonds. The summed E-state index contributed by atoms with van der Waals surface area (Å²) in [6.07, 6.45) is -10.0. The summed E-state index contributed by atoms with van der Waals surface area (Å²) in [7, 11) is 0. The third-order valence-corrected chi connectivity index (χ3v) is 1.03. The third-order valence-electron chi connectivity index (χ3n) is 0.652. The fraction of sp³-hybridized carbons (Fsp3) is 1.00. The molecule has 0 rings (SSSR count). The van der Waals surface area contributed by atoms with Gasteiger partial charge in [0, 0.05) is 5.38 Å². The number of hydrogen-bond acceptors (Lipinski definition) is 0. The van der Waals surface area contributed by atoms with Gasteiger partial charge in [-0.3, -0.25) is 0 Å². The fourth-order valence-electron chi connectivity index (χ4n) is 0.124. The van der Waals surface area contributed by atoms with Gasteiger partial charge in [-0.1, -0.05) is 11.6 Å². The predicted octanol–water partition coefficient (Wildman–Crippen LogP) is 4.35. The zero-order chi connectivity index (χ0) is 12.2. The maximum atomic E-state index is 11.6. The lowest BCUT2D eigenvalue weighted by molar-refractivity contribution is -0.231. The number of rotatable bonds is 1. The topological polar surface area (TPSA) is 0 Å². The van der Waals surface area contributed by atoms with Gasteiger partial charge in [0.1, 0.15) is 0 Å². The van der Waals surface area contributed by atoms with Crippen molar-refractivity contribution in [2.45, 2.75) is 37.0 Å². The van der Waals surface area contributed by atoms with Crippen LogP contribution in [0, 0.1) is 0 Å². The minimum Gasteiger partial charge on any atom is -0.209 e. The molecule has 0 bridgehead atoms. The molecule has 0 aromatic rings. The summed E-state index contributed by atoms with van der Waals surface area (Å²) < 4.78 is 67.1. The molecule has 0 aliphatic rings. The Balaban J connectivity index is 0. The second-order valence-corrected chi connectivity index (χ2v) is 3.86. The van der Waals surface area contributed by atoms with E-state index in [2.05, 4.69) is 11.6 Å². The van der Waals surface area contributed by atoms with Crippen molar-refractivity contribution >= 4 is 23.2 Å². The van der Waals surface area contributed by atoms with Gasteiger partial charge in [0.2, 0.25) is 0 Å². The number of hydrogen-bond donors (Lipinski definition) is 0. The maximum absolute atomic E-state index is 11.6. The minimum atomic E-state index is -5.73. The fourth-order valence-corrected chi connectivity index (χ4v) is 0.124. The van der Waals surface area contributed by atoms with Crippen molar-refractivity contribution < 1.29 is 26.3 Å². The molecule has 0 heterocycles. The molecule has 8 heteroatoms. The van der Waals surface area contributed by atoms with Crippen LogP contribution >= 0.6 is 23.2 Å². The highest BCUT2D eigenvalue weighted by molar-refractivity contribution is 6.23. The van der Waals surface area contributed by atoms with E-state index in [1.165, 1.54) is 0 Å². The molecule has 0 aromatic carbocycles. The molecule has 0 aliphatic carbocycles. The van der Waals surface area contributed by atoms with Crippen LogP contribution in [0.4, 0.5) is 26.3 Å². The Labute approximate surface area is 87.2 Å². The zero-order valence-electron chi connectivity index (χ0n) is 7.18. The molecule has 88 valence electrons. The monoisotopic (exact) mass is 264 g/mol. The first-order valence-electron chi connectivity index (χ1n) is 3.29. The van der Waals surface area contributed by atoms with Crippen LogP contribution < -0.4 is 0 Å². The van der Waals surface area contributed by atoms with Crippen molar-refractivity contribution in [3.8, 4) is 0 Å². The summed E-state index contributed by atoms with van der Waals surface area (Å²) in [5.74, 6) is 0. The van der Waals surface area contributed by atoms with Crippen molar-refractivity contribution in [3.05, 3.63) is 0 Å². The normalized spacial score (nSPS) is 16.3. The molecule has 0 saturated carbocycles. The molecule has 14 heavy (non-hydrogen) atoms. The van der Waals surface area contributed by atoms with E-state index in [4.69, 9.17) is 11.6 Å². The Morgan fingerprint density at radius 1 is 1.00 bits per heavy atom. The van der Waals surface area contributed by atoms with Crippen LogP contribution in [0.1, 0.15) is 13.8 Å². The van der Waals surface area contributed by atoms with E-state index < -0.39 is 17.7 Å². The number of halogens is 8. The molecular weight excluding hydrogens is 257 g/mol. The smallest absolute Gasteiger partial charge is 0.209 e. The maximum Gasteiger partial charge on any atom is 0.442 e. The van der Waals surface area contributed by atoms with Crippen molar-refractivity contribution in [3.63, 3.8) is 0 Å². The SMILES string of the molecule is CC(C)Cl.FC(F)C(F)(Cl)C(F)(F)F. The van der Waals surface area contributed by atoms with Crippen LogP contribution in [0.15, 0.2) is 0 Å². The van der Waals surface area contributed by atoms with E-state index in [1.807, 2.05) is 13.8 Å². The Morgan fingerprint density at radius 3 is 1.21 bits per heavy atom. The first-order chi connectivity index (χ1) is 5.93. The predicted molar refractivity (Wildman–Crippen MR) is 42.7 cm³/mol. The summed E-state index contributed by atoms with van der Waals surface area (Å²) >= 11 is 9.08. The van der Waals surface area contributed by atoms with Gasteiger partial charge in [-0.25, -0.2) is 13.2 Å². The molecular formula is C6H8Cl2F6. The summed E-state index contributed by atoms with van der Waals surface area (Å²) in [4.78, 5) is 0. The first-order valence-corrected chi connectivity index (χ1v) is 4.11. The summed E-state index contributed by atoms with van der Waals surface area (Å²) in [5, 5.41) is -4.62. The van der Waals surface area contributed by atoms with Crippen molar-refractivity contribution in [2.24, 2.45) is 0 Å². The molecule has 0 spiro atoms. The van der Waals surface area contributed by atoms with Gasteiger partial charge in [0.05, 0.1) is 0 Å². The standard InChI is InChI=1S/C3HClF6.C3H7Cl/c4-2(7,1(5)6)3(8,9)10;1-3(2)4/h1H;3H,1-2H3. The zero-order valence-corrected chi connectivity index (χ0v) is 8.69. The van der Waals surface area contributed by atoms with Gasteiger partial charge >= 0.3 is 11.3 Å². The van der Waals surface area contributed by atoms with Gasteiger partial charge < -0.3 is 0 Å². The summed E-state index contributed by atoms with van der Waals surface area (Å²) in [6.45, 7) is 3.86. The van der Waals surface area contributed by atoms with Crippen LogP contribution in [-0.4, -0.2) is 23.1 Å². The lowest BCUT2D eigenvalue weighted by Gasteiger charge is -2.19. The lowest BCUT2D eigenvalue weighted by atomic mass is 10.4. The first kappa shape index (κ1) is 16.6. The molecule has 0 radical (unpaired) electrons. The molecule has 1 unspecified atom stereocenters. The second-order valence-electron chi connectivity index (χ2n) is 2.44. The molecule has 0 aliphatic heterocycles. The van der Waals surface area contributed by atoms with E-state index in [1.54, 1.807) is 0 Å². The highest BCUT2D eigenvalue weighted by Gasteiger charge is 2.61. The molecule has 0 saturated heterocycles. The molecule has 0 N–H and O–H groups in total. The highest BCUT2D eigenvalue weighted by Crippen LogP contribution is 2.41. The van der Waals surface area contributed by atoms with E-state index in [0.29, 0.717) is 5.38 Å². The van der Waals surface area contributed by atoms with Crippen LogP contribution in [0.25, 0.3) is 0 Å². The number of alkyl halides is 8. The van der Waals surface area contributed by atoms with E-state index in [0.717, 1.165) is 0 Å². The van der Waals surface area contributed by atoms with Crippen molar-refractivity contribution in [1.82, 2.24) is 0 Å². The van der Waals surface area contributed by atoms with Crippen LogP contribution in [0.2, 0.25) is 0 Å². The lowest BCUT2D eigenvalue weighted by Crippen LogP contribution is -2.41. The van der Waals surface area contributed by atoms with Crippen LogP contribution in [0.3, 0.4) is 0 Å². The van der Waals surface area contributed by atoms with E-state index in [9.17, 15) is 26.3 Å². The van der Waals surface area contributed by atoms with Gasteiger partial charge in [0.15, 0.2) is 0 Å². The average Bonchev–Trinajstić information content (AvgIpc) is 1.82. The molecule has 0 aromatic heterocycles. The van der Waals surface area contributed by atoms with Crippen LogP contribution in [-0.2, 0) is 0 Å². The van der Waals surface area contributed by atoms with Crippen molar-refractivity contribution in [1.29, 1.82) is 0 Å². The summed E-state index contributed by atoms with van der Waals surface area (Å²) in [5.41, 5.74) is 0. The highest BCUT2D eigenvalue weighted by atomic mass is 35.5. The van der Waals surface area contributed by atoms with E-state index >= 15 is 0 Å². The average molecular weight is 265 g/mol. The summed E-state index contributed by atoms with van der Waals surface area (Å²) in [6, 6.07) is 0. The van der Waals surface area contributed by atoms with Gasteiger partial charge in [-0.2, -0.15) is 13.2 Å². The second kappa shape index (κ2) is 5.90. The Morgan fingerprint density at radius 2 is 1.21 bits per heavy atom. The van der Waals surface area contributed by atoms with Gasteiger partial charge in [-0.05, 0) is 13.8 Å². The molecule has 0 fully saturated rings. The van der Waals surface area contributed by atoms with Crippen molar-refractivity contribution in [2.75, 3.05) is 0 Å².